The predicted octanol–water partition coefficient (Wildman–Crippen LogP) is 2.06. The zero-order valence-electron chi connectivity index (χ0n) is 16.6. The number of carbonyl (C=O) groups excluding carboxylic acids is 2. The molecule has 0 unspecified atom stereocenters. The molecule has 1 atom stereocenters. The van der Waals surface area contributed by atoms with Gasteiger partial charge in [-0.3, -0.25) is 14.4 Å². The lowest BCUT2D eigenvalue weighted by Crippen LogP contribution is -2.58. The Hall–Kier alpha value is -3.09. The Kier molecular flexibility index (Phi) is 5.53. The molecule has 0 spiro atoms. The fourth-order valence-corrected chi connectivity index (χ4v) is 3.55. The molecule has 1 fully saturated rings. The van der Waals surface area contributed by atoms with Gasteiger partial charge in [-0.1, -0.05) is 0 Å². The first-order valence-corrected chi connectivity index (χ1v) is 9.35. The van der Waals surface area contributed by atoms with Gasteiger partial charge in [0, 0.05) is 31.0 Å². The minimum atomic E-state index is -0.654. The van der Waals surface area contributed by atoms with Crippen LogP contribution in [0, 0.1) is 6.92 Å². The van der Waals surface area contributed by atoms with Crippen LogP contribution < -0.4 is 15.2 Å². The van der Waals surface area contributed by atoms with Crippen molar-refractivity contribution in [3.8, 4) is 5.75 Å². The monoisotopic (exact) mass is 383 g/mol. The van der Waals surface area contributed by atoms with Crippen LogP contribution in [0.2, 0.25) is 0 Å². The van der Waals surface area contributed by atoms with Crippen LogP contribution in [0.15, 0.2) is 41.2 Å². The molecule has 1 aliphatic rings. The number of rotatable bonds is 4. The highest BCUT2D eigenvalue weighted by atomic mass is 16.5. The third-order valence-electron chi connectivity index (χ3n) is 5.24. The Labute approximate surface area is 164 Å². The molecule has 3 rings (SSSR count). The van der Waals surface area contributed by atoms with Crippen LogP contribution in [0.4, 0.5) is 5.69 Å². The second kappa shape index (κ2) is 7.88. The zero-order valence-corrected chi connectivity index (χ0v) is 16.6. The van der Waals surface area contributed by atoms with Crippen molar-refractivity contribution in [1.82, 2.24) is 9.47 Å². The molecular formula is C21H25N3O4. The summed E-state index contributed by atoms with van der Waals surface area (Å²) in [5.41, 5.74) is 1.35. The minimum absolute atomic E-state index is 0.102. The molecular weight excluding hydrogens is 358 g/mol. The Morgan fingerprint density at radius 2 is 1.79 bits per heavy atom. The van der Waals surface area contributed by atoms with Crippen molar-refractivity contribution in [1.29, 1.82) is 0 Å². The number of anilines is 1. The van der Waals surface area contributed by atoms with Crippen molar-refractivity contribution in [2.24, 2.45) is 0 Å². The molecule has 1 aromatic heterocycles. The van der Waals surface area contributed by atoms with Crippen LogP contribution in [-0.2, 0) is 11.3 Å². The lowest BCUT2D eigenvalue weighted by molar-refractivity contribution is -0.124. The topological polar surface area (TPSA) is 71.9 Å². The fraction of sp³-hybridized carbons (Fsp3) is 0.381. The van der Waals surface area contributed by atoms with Crippen molar-refractivity contribution < 1.29 is 14.3 Å². The first kappa shape index (κ1) is 19.7. The van der Waals surface area contributed by atoms with Gasteiger partial charge in [-0.25, -0.2) is 0 Å². The number of ether oxygens (including phenoxy) is 1. The maximum atomic E-state index is 13.0. The highest BCUT2D eigenvalue weighted by molar-refractivity contribution is 6.03. The zero-order chi connectivity index (χ0) is 20.4. The molecule has 28 heavy (non-hydrogen) atoms. The summed E-state index contributed by atoms with van der Waals surface area (Å²) in [5, 5.41) is 0. The highest BCUT2D eigenvalue weighted by Gasteiger charge is 2.36. The van der Waals surface area contributed by atoms with Gasteiger partial charge in [-0.05, 0) is 57.2 Å². The summed E-state index contributed by atoms with van der Waals surface area (Å²) in [6.45, 7) is 6.61. The van der Waals surface area contributed by atoms with Gasteiger partial charge in [-0.15, -0.1) is 0 Å². The number of piperazine rings is 1. The Morgan fingerprint density at radius 1 is 1.11 bits per heavy atom. The van der Waals surface area contributed by atoms with Crippen LogP contribution in [0.5, 0.6) is 5.75 Å². The van der Waals surface area contributed by atoms with Gasteiger partial charge in [-0.2, -0.15) is 0 Å². The van der Waals surface area contributed by atoms with Crippen LogP contribution in [0.25, 0.3) is 0 Å². The number of pyridine rings is 1. The summed E-state index contributed by atoms with van der Waals surface area (Å²) in [4.78, 5) is 41.7. The molecule has 0 bridgehead atoms. The molecule has 2 amide bonds. The molecule has 7 nitrogen and oxygen atoms in total. The maximum absolute atomic E-state index is 13.0. The normalized spacial score (nSPS) is 17.0. The van der Waals surface area contributed by atoms with Gasteiger partial charge >= 0.3 is 0 Å². The van der Waals surface area contributed by atoms with Crippen LogP contribution >= 0.6 is 0 Å². The van der Waals surface area contributed by atoms with Gasteiger partial charge in [0.25, 0.3) is 11.5 Å². The first-order chi connectivity index (χ1) is 13.4. The third-order valence-corrected chi connectivity index (χ3v) is 5.24. The molecule has 0 radical (unpaired) electrons. The number of methoxy groups -OCH3 is 1. The summed E-state index contributed by atoms with van der Waals surface area (Å²) in [5.74, 6) is 0.139. The largest absolute Gasteiger partial charge is 0.497 e. The second-order valence-corrected chi connectivity index (χ2v) is 6.80. The lowest BCUT2D eigenvalue weighted by atomic mass is 10.1. The van der Waals surface area contributed by atoms with E-state index in [0.29, 0.717) is 25.4 Å². The first-order valence-electron chi connectivity index (χ1n) is 9.35. The Balaban J connectivity index is 1.84. The second-order valence-electron chi connectivity index (χ2n) is 6.80. The average Bonchev–Trinajstić information content (AvgIpc) is 2.70. The number of aryl methyl sites for hydroxylation is 1. The number of nitrogens with zero attached hydrogens (tertiary/aromatic N) is 3. The average molecular weight is 383 g/mol. The fourth-order valence-electron chi connectivity index (χ4n) is 3.55. The number of aromatic nitrogens is 1. The number of benzene rings is 1. The minimum Gasteiger partial charge on any atom is -0.497 e. The standard InChI is InChI=1S/C21H25N3O4/c1-5-22-14(2)6-11-18(20(22)26)21(27)23-12-13-24(19(25)15(23)3)16-7-9-17(28-4)10-8-16/h6-11,15H,5,12-13H2,1-4H3/t15-/m0/s1. The van der Waals surface area contributed by atoms with Crippen molar-refractivity contribution in [3.05, 3.63) is 58.0 Å². The molecule has 0 N–H and O–H groups in total. The molecule has 2 aromatic rings. The van der Waals surface area contributed by atoms with E-state index in [1.807, 2.05) is 26.0 Å². The van der Waals surface area contributed by atoms with E-state index in [4.69, 9.17) is 4.74 Å². The SMILES string of the molecule is CCn1c(C)ccc(C(=O)N2CCN(c3ccc(OC)cc3)C(=O)[C@@H]2C)c1=O. The van der Waals surface area contributed by atoms with Crippen molar-refractivity contribution >= 4 is 17.5 Å². The molecule has 148 valence electrons. The van der Waals surface area contributed by atoms with E-state index < -0.39 is 11.9 Å². The molecule has 1 aliphatic heterocycles. The van der Waals surface area contributed by atoms with Gasteiger partial charge in [0.2, 0.25) is 5.91 Å². The maximum Gasteiger partial charge on any atom is 0.263 e. The van der Waals surface area contributed by atoms with Gasteiger partial charge in [0.1, 0.15) is 17.4 Å². The Bertz CT molecular complexity index is 949. The molecule has 1 saturated heterocycles. The van der Waals surface area contributed by atoms with E-state index in [-0.39, 0.29) is 17.0 Å². The summed E-state index contributed by atoms with van der Waals surface area (Å²) in [6.07, 6.45) is 0. The lowest BCUT2D eigenvalue weighted by Gasteiger charge is -2.39. The van der Waals surface area contributed by atoms with Crippen molar-refractivity contribution in [2.75, 3.05) is 25.1 Å². The number of amides is 2. The number of hydrogen-bond donors (Lipinski definition) is 0. The molecule has 1 aromatic carbocycles. The smallest absolute Gasteiger partial charge is 0.263 e. The molecule has 0 saturated carbocycles. The van der Waals surface area contributed by atoms with Crippen molar-refractivity contribution in [2.45, 2.75) is 33.4 Å². The predicted molar refractivity (Wildman–Crippen MR) is 107 cm³/mol. The van der Waals surface area contributed by atoms with Gasteiger partial charge in [0.05, 0.1) is 7.11 Å². The van der Waals surface area contributed by atoms with E-state index in [1.165, 1.54) is 4.90 Å². The van der Waals surface area contributed by atoms with Crippen molar-refractivity contribution in [3.63, 3.8) is 0 Å². The van der Waals surface area contributed by atoms with E-state index >= 15 is 0 Å². The van der Waals surface area contributed by atoms with Crippen LogP contribution in [-0.4, -0.2) is 47.5 Å². The summed E-state index contributed by atoms with van der Waals surface area (Å²) < 4.78 is 6.72. The summed E-state index contributed by atoms with van der Waals surface area (Å²) in [6, 6.07) is 9.90. The third kappa shape index (κ3) is 3.40. The van der Waals surface area contributed by atoms with E-state index in [0.717, 1.165) is 11.4 Å². The van der Waals surface area contributed by atoms with Gasteiger partial charge < -0.3 is 19.1 Å². The van der Waals surface area contributed by atoms with Gasteiger partial charge in [0.15, 0.2) is 0 Å². The Morgan fingerprint density at radius 3 is 2.39 bits per heavy atom. The van der Waals surface area contributed by atoms with E-state index in [9.17, 15) is 14.4 Å². The molecule has 7 heteroatoms. The molecule has 2 heterocycles. The van der Waals surface area contributed by atoms with E-state index in [1.54, 1.807) is 47.8 Å². The van der Waals surface area contributed by atoms with Crippen LogP contribution in [0.1, 0.15) is 29.9 Å². The molecule has 0 aliphatic carbocycles. The quantitative estimate of drug-likeness (QED) is 0.810. The number of hydrogen-bond acceptors (Lipinski definition) is 4. The van der Waals surface area contributed by atoms with E-state index in [2.05, 4.69) is 0 Å². The number of carbonyl (C=O) groups is 2. The van der Waals surface area contributed by atoms with Crippen LogP contribution in [0.3, 0.4) is 0 Å². The summed E-state index contributed by atoms with van der Waals surface area (Å²) in [7, 11) is 1.59. The summed E-state index contributed by atoms with van der Waals surface area (Å²) >= 11 is 0. The highest BCUT2D eigenvalue weighted by Crippen LogP contribution is 2.23.